The van der Waals surface area contributed by atoms with E-state index in [0.717, 1.165) is 0 Å². The molecule has 1 heterocycles. The van der Waals surface area contributed by atoms with E-state index in [2.05, 4.69) is 0 Å². The smallest absolute Gasteiger partial charge is 0.338 e. The van der Waals surface area contributed by atoms with Crippen molar-refractivity contribution < 1.29 is 19.4 Å². The summed E-state index contributed by atoms with van der Waals surface area (Å²) in [5, 5.41) is 9.78. The van der Waals surface area contributed by atoms with Gasteiger partial charge in [-0.2, -0.15) is 0 Å². The molecule has 0 aromatic heterocycles. The van der Waals surface area contributed by atoms with E-state index in [0.29, 0.717) is 5.56 Å². The van der Waals surface area contributed by atoms with Gasteiger partial charge < -0.3 is 14.6 Å². The monoisotopic (exact) mass is 234 g/mol. The first-order valence-electron chi connectivity index (χ1n) is 5.44. The fourth-order valence-electron chi connectivity index (χ4n) is 1.58. The third kappa shape index (κ3) is 2.65. The highest BCUT2D eigenvalue weighted by atomic mass is 16.6. The van der Waals surface area contributed by atoms with Crippen molar-refractivity contribution in [3.63, 3.8) is 0 Å². The Bertz CT molecular complexity index is 413. The van der Waals surface area contributed by atoms with Crippen LogP contribution in [0.4, 0.5) is 0 Å². The highest BCUT2D eigenvalue weighted by Gasteiger charge is 2.30. The summed E-state index contributed by atoms with van der Waals surface area (Å²) in [5.74, 6) is -0.451. The Labute approximate surface area is 99.5 Å². The first-order valence-corrected chi connectivity index (χ1v) is 5.44. The molecular weight excluding hydrogens is 220 g/mol. The van der Waals surface area contributed by atoms with Crippen molar-refractivity contribution in [3.8, 4) is 0 Å². The summed E-state index contributed by atoms with van der Waals surface area (Å²) in [6.07, 6.45) is 1.10. The zero-order valence-electron chi connectivity index (χ0n) is 9.45. The molecule has 1 aliphatic heterocycles. The highest BCUT2D eigenvalue weighted by Crippen LogP contribution is 2.16. The number of esters is 1. The molecule has 0 aliphatic carbocycles. The number of aliphatic hydroxyl groups excluding tert-OH is 1. The average Bonchev–Trinajstić information content (AvgIpc) is 2.36. The number of carbonyl (C=O) groups excluding carboxylic acids is 1. The van der Waals surface area contributed by atoms with Gasteiger partial charge in [0.1, 0.15) is 12.2 Å². The molecule has 4 nitrogen and oxygen atoms in total. The number of ether oxygens (including phenoxy) is 2. The molecule has 0 amide bonds. The number of aliphatic hydroxyl groups is 1. The molecule has 90 valence electrons. The van der Waals surface area contributed by atoms with E-state index < -0.39 is 18.2 Å². The molecular formula is C13H14O4. The lowest BCUT2D eigenvalue weighted by Crippen LogP contribution is -2.40. The van der Waals surface area contributed by atoms with Crippen LogP contribution in [0.3, 0.4) is 0 Å². The molecule has 0 bridgehead atoms. The SMILES string of the molecule is C[C@@H]1OC=C[C@H](OC(=O)c2ccccc2)[C@@H]1O. The van der Waals surface area contributed by atoms with Gasteiger partial charge in [-0.05, 0) is 25.1 Å². The molecule has 1 aliphatic rings. The second-order valence-corrected chi connectivity index (χ2v) is 3.90. The minimum Gasteiger partial charge on any atom is -0.496 e. The topological polar surface area (TPSA) is 55.8 Å². The van der Waals surface area contributed by atoms with Crippen molar-refractivity contribution in [1.82, 2.24) is 0 Å². The van der Waals surface area contributed by atoms with Crippen LogP contribution in [0.5, 0.6) is 0 Å². The van der Waals surface area contributed by atoms with Crippen LogP contribution < -0.4 is 0 Å². The molecule has 1 aromatic carbocycles. The second kappa shape index (κ2) is 5.01. The Morgan fingerprint density at radius 1 is 1.35 bits per heavy atom. The molecule has 1 N–H and O–H groups in total. The average molecular weight is 234 g/mol. The number of hydrogen-bond acceptors (Lipinski definition) is 4. The van der Waals surface area contributed by atoms with Gasteiger partial charge in [0.2, 0.25) is 0 Å². The predicted octanol–water partition coefficient (Wildman–Crippen LogP) is 1.51. The first-order chi connectivity index (χ1) is 8.18. The van der Waals surface area contributed by atoms with Gasteiger partial charge in [-0.25, -0.2) is 4.79 Å². The Balaban J connectivity index is 2.04. The van der Waals surface area contributed by atoms with E-state index >= 15 is 0 Å². The third-order valence-electron chi connectivity index (χ3n) is 2.63. The van der Waals surface area contributed by atoms with Crippen LogP contribution in [0.25, 0.3) is 0 Å². The Kier molecular flexibility index (Phi) is 3.44. The lowest BCUT2D eigenvalue weighted by atomic mass is 10.1. The molecule has 2 rings (SSSR count). The van der Waals surface area contributed by atoms with E-state index in [-0.39, 0.29) is 6.10 Å². The third-order valence-corrected chi connectivity index (χ3v) is 2.63. The van der Waals surface area contributed by atoms with Gasteiger partial charge in [0, 0.05) is 0 Å². The van der Waals surface area contributed by atoms with Crippen molar-refractivity contribution in [2.45, 2.75) is 25.2 Å². The van der Waals surface area contributed by atoms with Gasteiger partial charge in [-0.1, -0.05) is 18.2 Å². The van der Waals surface area contributed by atoms with E-state index in [9.17, 15) is 9.90 Å². The van der Waals surface area contributed by atoms with Crippen molar-refractivity contribution in [2.75, 3.05) is 0 Å². The summed E-state index contributed by atoms with van der Waals surface area (Å²) < 4.78 is 10.3. The highest BCUT2D eigenvalue weighted by molar-refractivity contribution is 5.89. The quantitative estimate of drug-likeness (QED) is 0.788. The summed E-state index contributed by atoms with van der Waals surface area (Å²) in [6, 6.07) is 8.68. The fourth-order valence-corrected chi connectivity index (χ4v) is 1.58. The fraction of sp³-hybridized carbons (Fsp3) is 0.308. The molecule has 1 aromatic rings. The molecule has 0 radical (unpaired) electrons. The van der Waals surface area contributed by atoms with E-state index in [1.54, 1.807) is 31.2 Å². The minimum absolute atomic E-state index is 0.381. The molecule has 0 fully saturated rings. The first kappa shape index (κ1) is 11.7. The number of rotatable bonds is 2. The molecule has 3 atom stereocenters. The molecule has 4 heteroatoms. The predicted molar refractivity (Wildman–Crippen MR) is 61.3 cm³/mol. The lowest BCUT2D eigenvalue weighted by Gasteiger charge is -2.28. The number of benzene rings is 1. The van der Waals surface area contributed by atoms with Gasteiger partial charge in [-0.3, -0.25) is 0 Å². The Morgan fingerprint density at radius 2 is 2.06 bits per heavy atom. The van der Waals surface area contributed by atoms with Crippen LogP contribution in [0.15, 0.2) is 42.7 Å². The van der Waals surface area contributed by atoms with Crippen molar-refractivity contribution in [1.29, 1.82) is 0 Å². The summed E-state index contributed by atoms with van der Waals surface area (Å²) in [6.45, 7) is 1.72. The molecule has 0 unspecified atom stereocenters. The zero-order chi connectivity index (χ0) is 12.3. The molecule has 0 saturated carbocycles. The minimum atomic E-state index is -0.840. The zero-order valence-corrected chi connectivity index (χ0v) is 9.45. The second-order valence-electron chi connectivity index (χ2n) is 3.90. The van der Waals surface area contributed by atoms with Crippen LogP contribution >= 0.6 is 0 Å². The van der Waals surface area contributed by atoms with Crippen molar-refractivity contribution >= 4 is 5.97 Å². The molecule has 17 heavy (non-hydrogen) atoms. The maximum atomic E-state index is 11.8. The maximum absolute atomic E-state index is 11.8. The number of carbonyl (C=O) groups is 1. The summed E-state index contributed by atoms with van der Waals surface area (Å²) in [4.78, 5) is 11.8. The van der Waals surface area contributed by atoms with Crippen LogP contribution in [0.1, 0.15) is 17.3 Å². The van der Waals surface area contributed by atoms with E-state index in [1.165, 1.54) is 12.3 Å². The van der Waals surface area contributed by atoms with Crippen LogP contribution in [0, 0.1) is 0 Å². The standard InChI is InChI=1S/C13H14O4/c1-9-12(14)11(7-8-16-9)17-13(15)10-5-3-2-4-6-10/h2-9,11-12,14H,1H3/t9-,11-,12+/m0/s1. The Hall–Kier alpha value is -1.81. The van der Waals surface area contributed by atoms with Gasteiger partial charge in [-0.15, -0.1) is 0 Å². The normalized spacial score (nSPS) is 27.3. The Morgan fingerprint density at radius 3 is 2.76 bits per heavy atom. The largest absolute Gasteiger partial charge is 0.496 e. The van der Waals surface area contributed by atoms with Crippen LogP contribution in [-0.4, -0.2) is 29.4 Å². The maximum Gasteiger partial charge on any atom is 0.338 e. The summed E-state index contributed by atoms with van der Waals surface area (Å²) >= 11 is 0. The van der Waals surface area contributed by atoms with Crippen molar-refractivity contribution in [2.24, 2.45) is 0 Å². The van der Waals surface area contributed by atoms with E-state index in [1.807, 2.05) is 6.07 Å². The summed E-state index contributed by atoms with van der Waals surface area (Å²) in [7, 11) is 0. The van der Waals surface area contributed by atoms with Crippen molar-refractivity contribution in [3.05, 3.63) is 48.2 Å². The van der Waals surface area contributed by atoms with Gasteiger partial charge >= 0.3 is 5.97 Å². The van der Waals surface area contributed by atoms with Gasteiger partial charge in [0.25, 0.3) is 0 Å². The molecule has 0 spiro atoms. The summed E-state index contributed by atoms with van der Waals surface area (Å²) in [5.41, 5.74) is 0.465. The number of hydrogen-bond donors (Lipinski definition) is 1. The van der Waals surface area contributed by atoms with E-state index in [4.69, 9.17) is 9.47 Å². The van der Waals surface area contributed by atoms with Gasteiger partial charge in [0.15, 0.2) is 6.10 Å². The van der Waals surface area contributed by atoms with Crippen LogP contribution in [0.2, 0.25) is 0 Å². The van der Waals surface area contributed by atoms with Gasteiger partial charge in [0.05, 0.1) is 11.8 Å². The van der Waals surface area contributed by atoms with Crippen LogP contribution in [-0.2, 0) is 9.47 Å². The molecule has 0 saturated heterocycles. The lowest BCUT2D eigenvalue weighted by molar-refractivity contribution is -0.0648.